The first-order valence-electron chi connectivity index (χ1n) is 12.2. The average molecular weight is 420 g/mol. The van der Waals surface area contributed by atoms with Gasteiger partial charge in [-0.15, -0.1) is 0 Å². The van der Waals surface area contributed by atoms with Gasteiger partial charge in [0.25, 0.3) is 0 Å². The third-order valence-electron chi connectivity index (χ3n) is 7.68. The van der Waals surface area contributed by atoms with Gasteiger partial charge in [-0.3, -0.25) is 9.88 Å². The second-order valence-electron chi connectivity index (χ2n) is 9.72. The van der Waals surface area contributed by atoms with E-state index in [1.54, 1.807) is 0 Å². The molecule has 1 atom stereocenters. The Bertz CT molecular complexity index is 1100. The lowest BCUT2D eigenvalue weighted by Gasteiger charge is -2.35. The number of nitrogens with two attached hydrogens (primary N) is 1. The second kappa shape index (κ2) is 9.56. The molecular formula is C21H33B6N5. The molecule has 0 radical (unpaired) electrons. The van der Waals surface area contributed by atoms with E-state index in [1.807, 2.05) is 0 Å². The molecule has 0 unspecified atom stereocenters. The van der Waals surface area contributed by atoms with Gasteiger partial charge < -0.3 is 10.7 Å². The molecule has 0 fully saturated rings. The minimum Gasteiger partial charge on any atom is -0.341 e. The molecule has 0 amide bonds. The number of unbranched alkanes of at least 4 members (excludes halogenated alkanes) is 1. The largest absolute Gasteiger partial charge is 0.341 e. The Balaban J connectivity index is 1.71. The SMILES string of the molecule is Bc1cc2c(nc1B)[C@@H](N(CCCCN)Cc1nc3c(B)c(B)c(B)c(B)c3[nH]1)CCC2. The van der Waals surface area contributed by atoms with Gasteiger partial charge in [-0.2, -0.15) is 0 Å². The summed E-state index contributed by atoms with van der Waals surface area (Å²) in [5, 5.41) is 0. The molecule has 1 aromatic carbocycles. The van der Waals surface area contributed by atoms with Crippen LogP contribution in [0, 0.1) is 0 Å². The highest BCUT2D eigenvalue weighted by atomic mass is 15.2. The van der Waals surface area contributed by atoms with Crippen LogP contribution in [-0.4, -0.2) is 80.0 Å². The summed E-state index contributed by atoms with van der Waals surface area (Å²) in [5.74, 6) is 1.06. The van der Waals surface area contributed by atoms with E-state index in [4.69, 9.17) is 15.7 Å². The van der Waals surface area contributed by atoms with E-state index in [-0.39, 0.29) is 0 Å². The Hall–Kier alpha value is -1.85. The molecule has 0 spiro atoms. The summed E-state index contributed by atoms with van der Waals surface area (Å²) >= 11 is 0. The predicted octanol–water partition coefficient (Wildman–Crippen LogP) is -6.87. The van der Waals surface area contributed by atoms with Crippen molar-refractivity contribution in [3.05, 3.63) is 23.1 Å². The quantitative estimate of drug-likeness (QED) is 0.295. The van der Waals surface area contributed by atoms with Gasteiger partial charge in [0.2, 0.25) is 0 Å². The van der Waals surface area contributed by atoms with Crippen LogP contribution in [0.15, 0.2) is 6.07 Å². The lowest BCUT2D eigenvalue weighted by molar-refractivity contribution is 0.160. The maximum atomic E-state index is 5.82. The maximum absolute atomic E-state index is 5.82. The summed E-state index contributed by atoms with van der Waals surface area (Å²) in [6, 6.07) is 2.70. The molecule has 1 aliphatic rings. The monoisotopic (exact) mass is 421 g/mol. The summed E-state index contributed by atoms with van der Waals surface area (Å²) in [6.45, 7) is 2.57. The van der Waals surface area contributed by atoms with Gasteiger partial charge in [0, 0.05) is 0 Å². The van der Waals surface area contributed by atoms with Crippen LogP contribution in [0.1, 0.15) is 48.8 Å². The van der Waals surface area contributed by atoms with Crippen LogP contribution in [0.3, 0.4) is 0 Å². The van der Waals surface area contributed by atoms with Gasteiger partial charge in [0.1, 0.15) is 45.1 Å². The minimum atomic E-state index is 0.342. The number of H-pyrrole nitrogens is 1. The highest BCUT2D eigenvalue weighted by Gasteiger charge is 2.28. The third-order valence-corrected chi connectivity index (χ3v) is 7.68. The van der Waals surface area contributed by atoms with Gasteiger partial charge >= 0.3 is 0 Å². The highest BCUT2D eigenvalue weighted by Crippen LogP contribution is 2.33. The van der Waals surface area contributed by atoms with E-state index < -0.39 is 0 Å². The van der Waals surface area contributed by atoms with Crippen molar-refractivity contribution in [3.8, 4) is 0 Å². The van der Waals surface area contributed by atoms with Crippen molar-refractivity contribution in [2.75, 3.05) is 13.1 Å². The lowest BCUT2D eigenvalue weighted by atomic mass is 9.66. The number of fused-ring (bicyclic) bond motifs is 2. The highest BCUT2D eigenvalue weighted by molar-refractivity contribution is 6.66. The number of imidazole rings is 1. The van der Waals surface area contributed by atoms with E-state index in [2.05, 4.69) is 63.0 Å². The normalized spacial score (nSPS) is 16.0. The van der Waals surface area contributed by atoms with Gasteiger partial charge in [-0.05, 0) is 56.4 Å². The van der Waals surface area contributed by atoms with Crippen LogP contribution < -0.4 is 38.6 Å². The molecule has 4 rings (SSSR count). The van der Waals surface area contributed by atoms with Gasteiger partial charge in [0.05, 0.1) is 29.3 Å². The van der Waals surface area contributed by atoms with Crippen molar-refractivity contribution in [2.45, 2.75) is 44.7 Å². The molecule has 3 N–H and O–H groups in total. The maximum Gasteiger partial charge on any atom is 0.163 e. The van der Waals surface area contributed by atoms with Crippen molar-refractivity contribution in [3.63, 3.8) is 0 Å². The smallest absolute Gasteiger partial charge is 0.163 e. The summed E-state index contributed by atoms with van der Waals surface area (Å²) in [4.78, 5) is 16.4. The molecule has 1 aliphatic carbocycles. The number of benzene rings is 1. The molecule has 2 heterocycles. The molecule has 3 aromatic rings. The number of aromatic amines is 1. The Morgan fingerprint density at radius 3 is 2.50 bits per heavy atom. The van der Waals surface area contributed by atoms with E-state index in [1.165, 1.54) is 50.5 Å². The molecule has 0 saturated heterocycles. The van der Waals surface area contributed by atoms with Gasteiger partial charge in [0.15, 0.2) is 7.85 Å². The van der Waals surface area contributed by atoms with Crippen molar-refractivity contribution < 1.29 is 0 Å². The molecule has 32 heavy (non-hydrogen) atoms. The topological polar surface area (TPSA) is 70.8 Å². The lowest BCUT2D eigenvalue weighted by Crippen LogP contribution is -2.47. The number of aromatic nitrogens is 3. The molecule has 0 aliphatic heterocycles. The fourth-order valence-corrected chi connectivity index (χ4v) is 5.21. The predicted molar refractivity (Wildman–Crippen MR) is 154 cm³/mol. The Kier molecular flexibility index (Phi) is 6.97. The molecule has 0 saturated carbocycles. The average Bonchev–Trinajstić information content (AvgIpc) is 3.20. The van der Waals surface area contributed by atoms with Crippen LogP contribution in [0.25, 0.3) is 11.0 Å². The van der Waals surface area contributed by atoms with Crippen LogP contribution in [0.2, 0.25) is 0 Å². The number of pyridine rings is 1. The number of nitrogens with zero attached hydrogens (tertiary/aromatic N) is 3. The van der Waals surface area contributed by atoms with E-state index in [0.717, 1.165) is 62.3 Å². The summed E-state index contributed by atoms with van der Waals surface area (Å²) < 4.78 is 0. The molecule has 2 aromatic heterocycles. The number of nitrogens with one attached hydrogen (secondary N) is 1. The first-order chi connectivity index (χ1) is 15.3. The molecule has 11 heteroatoms. The molecule has 0 bridgehead atoms. The molecule has 5 nitrogen and oxygen atoms in total. The first kappa shape index (κ1) is 23.3. The van der Waals surface area contributed by atoms with Crippen molar-refractivity contribution in [1.29, 1.82) is 0 Å². The molecule has 160 valence electrons. The second-order valence-corrected chi connectivity index (χ2v) is 9.72. The number of hydrogen-bond donors (Lipinski definition) is 2. The van der Waals surface area contributed by atoms with Crippen molar-refractivity contribution in [2.24, 2.45) is 5.73 Å². The summed E-state index contributed by atoms with van der Waals surface area (Å²) in [7, 11) is 13.1. The molecular weight excluding hydrogens is 387 g/mol. The Morgan fingerprint density at radius 2 is 1.75 bits per heavy atom. The number of rotatable bonds is 7. The van der Waals surface area contributed by atoms with Gasteiger partial charge in [-0.1, -0.05) is 33.4 Å². The zero-order valence-electron chi connectivity index (χ0n) is 20.7. The van der Waals surface area contributed by atoms with Crippen LogP contribution in [0.4, 0.5) is 0 Å². The van der Waals surface area contributed by atoms with Crippen LogP contribution in [-0.2, 0) is 13.0 Å². The van der Waals surface area contributed by atoms with E-state index >= 15 is 0 Å². The number of aryl methyl sites for hydroxylation is 1. The van der Waals surface area contributed by atoms with E-state index in [0.29, 0.717) is 6.04 Å². The Morgan fingerprint density at radius 1 is 1.00 bits per heavy atom. The van der Waals surface area contributed by atoms with Crippen LogP contribution in [0.5, 0.6) is 0 Å². The first-order valence-corrected chi connectivity index (χ1v) is 12.2. The van der Waals surface area contributed by atoms with Crippen LogP contribution >= 0.6 is 0 Å². The number of hydrogen-bond acceptors (Lipinski definition) is 4. The summed E-state index contributed by atoms with van der Waals surface area (Å²) in [6.07, 6.45) is 5.66. The zero-order chi connectivity index (χ0) is 23.0. The van der Waals surface area contributed by atoms with Crippen molar-refractivity contribution >= 4 is 91.0 Å². The van der Waals surface area contributed by atoms with Crippen molar-refractivity contribution in [1.82, 2.24) is 19.9 Å². The minimum absolute atomic E-state index is 0.342. The third kappa shape index (κ3) is 4.34. The standard InChI is InChI=1S/C21H33B6N5/c22-11-8-10-4-3-5-12(18(10)31-21(11)27)32(7-2-1-6-28)9-13-29-19-16(25)14(23)15(24)17(26)20(19)30-13/h8,12H,1-7,9,22-28H2,(H,29,30)/t12-/m0/s1. The zero-order valence-corrected chi connectivity index (χ0v) is 20.7. The fourth-order valence-electron chi connectivity index (χ4n) is 5.21. The van der Waals surface area contributed by atoms with E-state index in [9.17, 15) is 0 Å². The Labute approximate surface area is 197 Å². The summed E-state index contributed by atoms with van der Waals surface area (Å²) in [5.41, 5.74) is 18.6. The fraction of sp³-hybridized carbons (Fsp3) is 0.429. The van der Waals surface area contributed by atoms with Gasteiger partial charge in [-0.25, -0.2) is 4.98 Å².